The number of hydrogen-bond acceptors (Lipinski definition) is 4. The van der Waals surface area contributed by atoms with Gasteiger partial charge in [0.05, 0.1) is 5.69 Å². The van der Waals surface area contributed by atoms with E-state index in [2.05, 4.69) is 31.5 Å². The number of nitrogens with one attached hydrogen (secondary N) is 2. The summed E-state index contributed by atoms with van der Waals surface area (Å²) in [5.41, 5.74) is 3.80. The van der Waals surface area contributed by atoms with Gasteiger partial charge in [-0.2, -0.15) is 0 Å². The molecule has 1 aromatic heterocycles. The Hall–Kier alpha value is -2.51. The van der Waals surface area contributed by atoms with Gasteiger partial charge in [-0.1, -0.05) is 46.3 Å². The number of hydrogen-bond donors (Lipinski definition) is 2. The molecule has 0 saturated carbocycles. The van der Waals surface area contributed by atoms with E-state index in [1.54, 1.807) is 0 Å². The molecule has 0 spiro atoms. The molecule has 1 atom stereocenters. The fourth-order valence-corrected chi connectivity index (χ4v) is 4.38. The first-order valence-electron chi connectivity index (χ1n) is 8.98. The predicted octanol–water partition coefficient (Wildman–Crippen LogP) is 5.10. The highest BCUT2D eigenvalue weighted by atomic mass is 79.9. The minimum atomic E-state index is -0.186. The van der Waals surface area contributed by atoms with Crippen molar-refractivity contribution in [3.05, 3.63) is 63.9 Å². The van der Waals surface area contributed by atoms with E-state index in [-0.39, 0.29) is 24.2 Å². The number of rotatable bonds is 5. The summed E-state index contributed by atoms with van der Waals surface area (Å²) >= 11 is 4.85. The average Bonchev–Trinajstić information content (AvgIpc) is 3.15. The number of halogens is 1. The van der Waals surface area contributed by atoms with Crippen LogP contribution in [0.1, 0.15) is 18.4 Å². The van der Waals surface area contributed by atoms with Crippen LogP contribution in [-0.4, -0.2) is 16.8 Å². The van der Waals surface area contributed by atoms with Crippen molar-refractivity contribution in [1.82, 2.24) is 4.98 Å². The quantitative estimate of drug-likeness (QED) is 0.561. The highest BCUT2D eigenvalue weighted by Crippen LogP contribution is 2.29. The first-order valence-corrected chi connectivity index (χ1v) is 10.7. The molecule has 2 N–H and O–H groups in total. The van der Waals surface area contributed by atoms with Crippen LogP contribution in [0.2, 0.25) is 0 Å². The number of benzene rings is 2. The summed E-state index contributed by atoms with van der Waals surface area (Å²) < 4.78 is 0.982. The van der Waals surface area contributed by atoms with Crippen LogP contribution in [-0.2, 0) is 16.0 Å². The third-order valence-electron chi connectivity index (χ3n) is 4.70. The van der Waals surface area contributed by atoms with Gasteiger partial charge in [-0.05, 0) is 36.6 Å². The molecule has 0 fully saturated rings. The molecule has 7 heteroatoms. The predicted molar refractivity (Wildman–Crippen MR) is 115 cm³/mol. The maximum absolute atomic E-state index is 12.3. The normalized spacial score (nSPS) is 15.6. The van der Waals surface area contributed by atoms with Gasteiger partial charge in [0, 0.05) is 33.4 Å². The zero-order valence-corrected chi connectivity index (χ0v) is 17.3. The second-order valence-corrected chi connectivity index (χ2v) is 8.46. The molecule has 2 amide bonds. The molecule has 0 aliphatic carbocycles. The summed E-state index contributed by atoms with van der Waals surface area (Å²) in [6.45, 7) is 0. The summed E-state index contributed by atoms with van der Waals surface area (Å²) in [6.07, 6.45) is 1.46. The van der Waals surface area contributed by atoms with E-state index in [0.717, 1.165) is 27.0 Å². The lowest BCUT2D eigenvalue weighted by Gasteiger charge is -2.24. The Bertz CT molecular complexity index is 1030. The SMILES string of the molecule is O=C(CCC1Cc2ccccc2NC1=O)Nc1nc(-c2cccc(Br)c2)cs1. The molecule has 2 heterocycles. The Kier molecular flexibility index (Phi) is 5.54. The molecule has 1 aliphatic heterocycles. The molecule has 5 nitrogen and oxygen atoms in total. The number of amides is 2. The highest BCUT2D eigenvalue weighted by Gasteiger charge is 2.26. The summed E-state index contributed by atoms with van der Waals surface area (Å²) in [7, 11) is 0. The largest absolute Gasteiger partial charge is 0.326 e. The summed E-state index contributed by atoms with van der Waals surface area (Å²) in [4.78, 5) is 29.1. The van der Waals surface area contributed by atoms with Crippen LogP contribution in [0.5, 0.6) is 0 Å². The zero-order valence-electron chi connectivity index (χ0n) is 14.9. The second-order valence-electron chi connectivity index (χ2n) is 6.68. The molecule has 0 radical (unpaired) electrons. The lowest BCUT2D eigenvalue weighted by molar-refractivity contribution is -0.121. The molecule has 28 heavy (non-hydrogen) atoms. The molecular weight excluding hydrogens is 438 g/mol. The Morgan fingerprint density at radius 1 is 1.25 bits per heavy atom. The van der Waals surface area contributed by atoms with Crippen LogP contribution >= 0.6 is 27.3 Å². The molecule has 1 aliphatic rings. The van der Waals surface area contributed by atoms with Gasteiger partial charge >= 0.3 is 0 Å². The van der Waals surface area contributed by atoms with Crippen LogP contribution in [0.25, 0.3) is 11.3 Å². The number of thiazole rings is 1. The van der Waals surface area contributed by atoms with Crippen LogP contribution < -0.4 is 10.6 Å². The van der Waals surface area contributed by atoms with Gasteiger partial charge in [-0.15, -0.1) is 11.3 Å². The van der Waals surface area contributed by atoms with E-state index in [0.29, 0.717) is 18.0 Å². The van der Waals surface area contributed by atoms with E-state index in [9.17, 15) is 9.59 Å². The molecule has 0 bridgehead atoms. The molecule has 3 aromatic rings. The molecule has 0 saturated heterocycles. The van der Waals surface area contributed by atoms with Gasteiger partial charge in [-0.25, -0.2) is 4.98 Å². The van der Waals surface area contributed by atoms with Gasteiger partial charge in [0.1, 0.15) is 0 Å². The van der Waals surface area contributed by atoms with Crippen molar-refractivity contribution < 1.29 is 9.59 Å². The fourth-order valence-electron chi connectivity index (χ4n) is 3.24. The van der Waals surface area contributed by atoms with Crippen molar-refractivity contribution in [2.24, 2.45) is 5.92 Å². The van der Waals surface area contributed by atoms with Crippen LogP contribution in [0, 0.1) is 5.92 Å². The number of fused-ring (bicyclic) bond motifs is 1. The Labute approximate surface area is 175 Å². The summed E-state index contributed by atoms with van der Waals surface area (Å²) in [6, 6.07) is 15.7. The van der Waals surface area contributed by atoms with E-state index >= 15 is 0 Å². The van der Waals surface area contributed by atoms with Gasteiger partial charge in [0.2, 0.25) is 11.8 Å². The molecule has 4 rings (SSSR count). The Morgan fingerprint density at radius 2 is 2.11 bits per heavy atom. The van der Waals surface area contributed by atoms with E-state index < -0.39 is 0 Å². The molecular formula is C21H18BrN3O2S. The zero-order chi connectivity index (χ0) is 19.5. The third kappa shape index (κ3) is 4.31. The number of anilines is 2. The van der Waals surface area contributed by atoms with E-state index in [1.165, 1.54) is 11.3 Å². The van der Waals surface area contributed by atoms with Crippen molar-refractivity contribution >= 4 is 49.9 Å². The fraction of sp³-hybridized carbons (Fsp3) is 0.190. The first-order chi connectivity index (χ1) is 13.6. The Morgan fingerprint density at radius 3 is 2.96 bits per heavy atom. The van der Waals surface area contributed by atoms with Gasteiger partial charge in [-0.3, -0.25) is 9.59 Å². The van der Waals surface area contributed by atoms with Gasteiger partial charge in [0.25, 0.3) is 0 Å². The van der Waals surface area contributed by atoms with Crippen molar-refractivity contribution in [2.45, 2.75) is 19.3 Å². The van der Waals surface area contributed by atoms with Gasteiger partial charge < -0.3 is 10.6 Å². The third-order valence-corrected chi connectivity index (χ3v) is 5.95. The lowest BCUT2D eigenvalue weighted by Crippen LogP contribution is -2.30. The van der Waals surface area contributed by atoms with E-state index in [4.69, 9.17) is 0 Å². The Balaban J connectivity index is 1.34. The smallest absolute Gasteiger partial charge is 0.227 e. The van der Waals surface area contributed by atoms with Crippen molar-refractivity contribution in [3.8, 4) is 11.3 Å². The van der Waals surface area contributed by atoms with Gasteiger partial charge in [0.15, 0.2) is 5.13 Å². The maximum Gasteiger partial charge on any atom is 0.227 e. The summed E-state index contributed by atoms with van der Waals surface area (Å²) in [5.74, 6) is -0.325. The van der Waals surface area contributed by atoms with Crippen molar-refractivity contribution in [1.29, 1.82) is 0 Å². The first kappa shape index (κ1) is 18.8. The number of nitrogens with zero attached hydrogens (tertiary/aromatic N) is 1. The van der Waals surface area contributed by atoms with E-state index in [1.807, 2.05) is 53.9 Å². The standard InChI is InChI=1S/C21H18BrN3O2S/c22-16-6-3-5-14(11-16)18-12-28-21(24-18)25-19(26)9-8-15-10-13-4-1-2-7-17(13)23-20(15)27/h1-7,11-12,15H,8-10H2,(H,23,27)(H,24,25,26). The topological polar surface area (TPSA) is 71.1 Å². The van der Waals surface area contributed by atoms with Crippen LogP contribution in [0.4, 0.5) is 10.8 Å². The second kappa shape index (κ2) is 8.24. The number of carbonyl (C=O) groups is 2. The number of carbonyl (C=O) groups excluding carboxylic acids is 2. The number of para-hydroxylation sites is 1. The van der Waals surface area contributed by atoms with Crippen LogP contribution in [0.15, 0.2) is 58.4 Å². The minimum absolute atomic E-state index is 0.0160. The molecule has 1 unspecified atom stereocenters. The maximum atomic E-state index is 12.3. The number of aromatic nitrogens is 1. The monoisotopic (exact) mass is 455 g/mol. The summed E-state index contributed by atoms with van der Waals surface area (Å²) in [5, 5.41) is 8.26. The lowest BCUT2D eigenvalue weighted by atomic mass is 9.89. The molecule has 142 valence electrons. The minimum Gasteiger partial charge on any atom is -0.326 e. The highest BCUT2D eigenvalue weighted by molar-refractivity contribution is 9.10. The average molecular weight is 456 g/mol. The van der Waals surface area contributed by atoms with Crippen molar-refractivity contribution in [3.63, 3.8) is 0 Å². The van der Waals surface area contributed by atoms with Crippen molar-refractivity contribution in [2.75, 3.05) is 10.6 Å². The van der Waals surface area contributed by atoms with Crippen LogP contribution in [0.3, 0.4) is 0 Å². The molecule has 2 aromatic carbocycles.